The first-order chi connectivity index (χ1) is 13.6. The average Bonchev–Trinajstić information content (AvgIpc) is 3.01. The Balaban J connectivity index is 1.32. The molecule has 0 radical (unpaired) electrons. The van der Waals surface area contributed by atoms with Gasteiger partial charge in [0.05, 0.1) is 5.52 Å². The van der Waals surface area contributed by atoms with Gasteiger partial charge in [0.15, 0.2) is 5.58 Å². The van der Waals surface area contributed by atoms with Gasteiger partial charge in [0.25, 0.3) is 0 Å². The molecule has 3 aromatic rings. The molecule has 0 spiro atoms. The number of carbonyl (C=O) groups excluding carboxylic acids is 1. The number of amides is 1. The number of carbonyl (C=O) groups is 1. The molecule has 3 heterocycles. The van der Waals surface area contributed by atoms with Crippen molar-refractivity contribution in [3.63, 3.8) is 0 Å². The predicted molar refractivity (Wildman–Crippen MR) is 106 cm³/mol. The Bertz CT molecular complexity index is 1020. The zero-order valence-electron chi connectivity index (χ0n) is 15.4. The molecule has 0 N–H and O–H groups in total. The molecule has 0 atom stereocenters. The average molecular weight is 401 g/mol. The zero-order valence-corrected chi connectivity index (χ0v) is 16.1. The van der Waals surface area contributed by atoms with E-state index in [1.165, 1.54) is 10.1 Å². The SMILES string of the molecule is O=C(CCn1c(=O)oc2cc(Cl)ccc21)N1CCN(Cc2ccncc2)CC1. The van der Waals surface area contributed by atoms with Gasteiger partial charge in [-0.1, -0.05) is 11.6 Å². The van der Waals surface area contributed by atoms with Gasteiger partial charge in [-0.15, -0.1) is 0 Å². The fourth-order valence-electron chi connectivity index (χ4n) is 3.52. The van der Waals surface area contributed by atoms with Crippen molar-refractivity contribution in [2.75, 3.05) is 26.2 Å². The number of oxazole rings is 1. The maximum absolute atomic E-state index is 12.6. The maximum Gasteiger partial charge on any atom is 0.419 e. The van der Waals surface area contributed by atoms with Crippen molar-refractivity contribution in [1.82, 2.24) is 19.4 Å². The van der Waals surface area contributed by atoms with E-state index in [0.717, 1.165) is 19.6 Å². The summed E-state index contributed by atoms with van der Waals surface area (Å²) in [4.78, 5) is 32.9. The van der Waals surface area contributed by atoms with E-state index < -0.39 is 5.76 Å². The summed E-state index contributed by atoms with van der Waals surface area (Å²) in [6.07, 6.45) is 3.86. The van der Waals surface area contributed by atoms with Gasteiger partial charge < -0.3 is 9.32 Å². The van der Waals surface area contributed by atoms with E-state index in [-0.39, 0.29) is 12.3 Å². The molecule has 146 valence electrons. The van der Waals surface area contributed by atoms with Gasteiger partial charge in [0, 0.05) is 69.2 Å². The van der Waals surface area contributed by atoms with Gasteiger partial charge >= 0.3 is 5.76 Å². The van der Waals surface area contributed by atoms with E-state index >= 15 is 0 Å². The topological polar surface area (TPSA) is 71.6 Å². The summed E-state index contributed by atoms with van der Waals surface area (Å²) in [6, 6.07) is 9.08. The first-order valence-corrected chi connectivity index (χ1v) is 9.66. The molecule has 0 aliphatic carbocycles. The fourth-order valence-corrected chi connectivity index (χ4v) is 3.68. The van der Waals surface area contributed by atoms with Gasteiger partial charge in [0.1, 0.15) is 0 Å². The number of halogens is 1. The van der Waals surface area contributed by atoms with Crippen LogP contribution in [0.5, 0.6) is 0 Å². The van der Waals surface area contributed by atoms with Crippen molar-refractivity contribution in [3.05, 3.63) is 63.9 Å². The van der Waals surface area contributed by atoms with Crippen molar-refractivity contribution in [3.8, 4) is 0 Å². The highest BCUT2D eigenvalue weighted by atomic mass is 35.5. The highest BCUT2D eigenvalue weighted by Crippen LogP contribution is 2.19. The Kier molecular flexibility index (Phi) is 5.45. The summed E-state index contributed by atoms with van der Waals surface area (Å²) >= 11 is 5.93. The van der Waals surface area contributed by atoms with Crippen LogP contribution in [0, 0.1) is 0 Å². The molecular weight excluding hydrogens is 380 g/mol. The molecule has 0 unspecified atom stereocenters. The molecule has 2 aromatic heterocycles. The molecule has 1 amide bonds. The van der Waals surface area contributed by atoms with Crippen LogP contribution < -0.4 is 5.76 Å². The number of benzene rings is 1. The number of hydrogen-bond donors (Lipinski definition) is 0. The van der Waals surface area contributed by atoms with Gasteiger partial charge in [0.2, 0.25) is 5.91 Å². The van der Waals surface area contributed by atoms with Gasteiger partial charge in [-0.25, -0.2) is 4.79 Å². The van der Waals surface area contributed by atoms with Crippen LogP contribution in [0.4, 0.5) is 0 Å². The van der Waals surface area contributed by atoms with Crippen molar-refractivity contribution in [1.29, 1.82) is 0 Å². The lowest BCUT2D eigenvalue weighted by atomic mass is 10.2. The van der Waals surface area contributed by atoms with E-state index in [1.807, 2.05) is 17.0 Å². The number of pyridine rings is 1. The minimum Gasteiger partial charge on any atom is -0.408 e. The highest BCUT2D eigenvalue weighted by molar-refractivity contribution is 6.31. The smallest absolute Gasteiger partial charge is 0.408 e. The first-order valence-electron chi connectivity index (χ1n) is 9.28. The molecule has 0 saturated carbocycles. The molecule has 1 aliphatic rings. The minimum atomic E-state index is -0.466. The fraction of sp³-hybridized carbons (Fsp3) is 0.350. The highest BCUT2D eigenvalue weighted by Gasteiger charge is 2.21. The van der Waals surface area contributed by atoms with Crippen molar-refractivity contribution < 1.29 is 9.21 Å². The van der Waals surface area contributed by atoms with Crippen LogP contribution in [0.15, 0.2) is 51.9 Å². The molecule has 4 rings (SSSR count). The number of aromatic nitrogens is 2. The standard InChI is InChI=1S/C20H21ClN4O3/c21-16-1-2-17-18(13-16)28-20(27)25(17)8-5-19(26)24-11-9-23(10-12-24)14-15-3-6-22-7-4-15/h1-4,6-7,13H,5,8-12,14H2. The van der Waals surface area contributed by atoms with Crippen molar-refractivity contribution in [2.45, 2.75) is 19.5 Å². The Morgan fingerprint density at radius 1 is 1.11 bits per heavy atom. The monoisotopic (exact) mass is 400 g/mol. The number of hydrogen-bond acceptors (Lipinski definition) is 5. The van der Waals surface area contributed by atoms with Crippen LogP contribution in [0.3, 0.4) is 0 Å². The molecule has 0 bridgehead atoms. The molecule has 1 saturated heterocycles. The summed E-state index contributed by atoms with van der Waals surface area (Å²) in [5.74, 6) is -0.411. The molecule has 8 heteroatoms. The van der Waals surface area contributed by atoms with Crippen LogP contribution >= 0.6 is 11.6 Å². The van der Waals surface area contributed by atoms with Crippen LogP contribution in [0.1, 0.15) is 12.0 Å². The van der Waals surface area contributed by atoms with Crippen LogP contribution in [0.2, 0.25) is 5.02 Å². The van der Waals surface area contributed by atoms with Gasteiger partial charge in [-0.2, -0.15) is 0 Å². The second-order valence-corrected chi connectivity index (χ2v) is 7.33. The maximum atomic E-state index is 12.6. The van der Waals surface area contributed by atoms with E-state index in [4.69, 9.17) is 16.0 Å². The second-order valence-electron chi connectivity index (χ2n) is 6.89. The van der Waals surface area contributed by atoms with Gasteiger partial charge in [-0.3, -0.25) is 19.2 Å². The van der Waals surface area contributed by atoms with Crippen LogP contribution in [0.25, 0.3) is 11.1 Å². The van der Waals surface area contributed by atoms with E-state index in [1.54, 1.807) is 30.6 Å². The van der Waals surface area contributed by atoms with Gasteiger partial charge in [-0.05, 0) is 29.8 Å². The summed E-state index contributed by atoms with van der Waals surface area (Å²) in [5, 5.41) is 0.508. The van der Waals surface area contributed by atoms with Crippen molar-refractivity contribution in [2.24, 2.45) is 0 Å². The lowest BCUT2D eigenvalue weighted by Gasteiger charge is -2.34. The first kappa shape index (κ1) is 18.7. The largest absolute Gasteiger partial charge is 0.419 e. The van der Waals surface area contributed by atoms with E-state index in [2.05, 4.69) is 9.88 Å². The third-order valence-corrected chi connectivity index (χ3v) is 5.30. The molecular formula is C20H21ClN4O3. The molecule has 1 fully saturated rings. The lowest BCUT2D eigenvalue weighted by molar-refractivity contribution is -0.133. The molecule has 7 nitrogen and oxygen atoms in total. The molecule has 28 heavy (non-hydrogen) atoms. The lowest BCUT2D eigenvalue weighted by Crippen LogP contribution is -2.48. The third kappa shape index (κ3) is 4.10. The van der Waals surface area contributed by atoms with E-state index in [9.17, 15) is 9.59 Å². The Labute approximate surface area is 167 Å². The summed E-state index contributed by atoms with van der Waals surface area (Å²) in [7, 11) is 0. The van der Waals surface area contributed by atoms with Crippen LogP contribution in [-0.4, -0.2) is 51.4 Å². The summed E-state index contributed by atoms with van der Waals surface area (Å²) in [5.41, 5.74) is 2.32. The van der Waals surface area contributed by atoms with Crippen LogP contribution in [-0.2, 0) is 17.9 Å². The minimum absolute atomic E-state index is 0.0544. The number of nitrogens with zero attached hydrogens (tertiary/aromatic N) is 4. The third-order valence-electron chi connectivity index (χ3n) is 5.06. The quantitative estimate of drug-likeness (QED) is 0.657. The Hall–Kier alpha value is -2.64. The zero-order chi connectivity index (χ0) is 19.5. The Morgan fingerprint density at radius 3 is 2.61 bits per heavy atom. The number of fused-ring (bicyclic) bond motifs is 1. The van der Waals surface area contributed by atoms with E-state index in [0.29, 0.717) is 35.8 Å². The number of aryl methyl sites for hydroxylation is 1. The molecule has 1 aliphatic heterocycles. The summed E-state index contributed by atoms with van der Waals surface area (Å²) < 4.78 is 6.70. The summed E-state index contributed by atoms with van der Waals surface area (Å²) in [6.45, 7) is 4.22. The number of piperazine rings is 1. The Morgan fingerprint density at radius 2 is 1.86 bits per heavy atom. The normalized spacial score (nSPS) is 15.2. The van der Waals surface area contributed by atoms with Crippen molar-refractivity contribution >= 4 is 28.6 Å². The number of rotatable bonds is 5. The molecule has 1 aromatic carbocycles. The predicted octanol–water partition coefficient (Wildman–Crippen LogP) is 2.38. The second kappa shape index (κ2) is 8.16.